The number of rotatable bonds is 5. The van der Waals surface area contributed by atoms with E-state index in [0.717, 1.165) is 11.1 Å². The molecule has 1 heterocycles. The Balaban J connectivity index is 1.84. The smallest absolute Gasteiger partial charge is 0.335 e. The van der Waals surface area contributed by atoms with Gasteiger partial charge in [0.1, 0.15) is 23.2 Å². The van der Waals surface area contributed by atoms with Crippen LogP contribution in [0.25, 0.3) is 17.4 Å². The maximum absolute atomic E-state index is 12.5. The first-order valence-corrected chi connectivity index (χ1v) is 8.82. The fourth-order valence-corrected chi connectivity index (χ4v) is 2.76. The van der Waals surface area contributed by atoms with Gasteiger partial charge in [-0.15, -0.1) is 0 Å². The molecule has 144 valence electrons. The van der Waals surface area contributed by atoms with Crippen LogP contribution in [0, 0.1) is 25.2 Å². The summed E-state index contributed by atoms with van der Waals surface area (Å²) in [7, 11) is 0. The highest BCUT2D eigenvalue weighted by atomic mass is 16.4. The van der Waals surface area contributed by atoms with Crippen LogP contribution in [0.4, 0.5) is 5.69 Å². The van der Waals surface area contributed by atoms with E-state index in [1.807, 2.05) is 32.0 Å². The van der Waals surface area contributed by atoms with Crippen LogP contribution in [0.1, 0.15) is 27.2 Å². The number of nitriles is 1. The molecule has 0 radical (unpaired) electrons. The summed E-state index contributed by atoms with van der Waals surface area (Å²) in [6.07, 6.45) is 1.35. The highest BCUT2D eigenvalue weighted by molar-refractivity contribution is 6.09. The van der Waals surface area contributed by atoms with E-state index in [4.69, 9.17) is 9.52 Å². The summed E-state index contributed by atoms with van der Waals surface area (Å²) in [5.41, 5.74) is 3.22. The Morgan fingerprint density at radius 1 is 1.10 bits per heavy atom. The van der Waals surface area contributed by atoms with Gasteiger partial charge in [0.15, 0.2) is 0 Å². The van der Waals surface area contributed by atoms with Crippen LogP contribution in [-0.2, 0) is 4.79 Å². The third-order valence-corrected chi connectivity index (χ3v) is 4.53. The molecule has 0 aliphatic heterocycles. The number of benzene rings is 2. The van der Waals surface area contributed by atoms with Crippen LogP contribution in [0.3, 0.4) is 0 Å². The van der Waals surface area contributed by atoms with Crippen molar-refractivity contribution in [2.45, 2.75) is 13.8 Å². The maximum atomic E-state index is 12.5. The monoisotopic (exact) mass is 386 g/mol. The molecule has 3 aromatic rings. The molecule has 0 spiro atoms. The molecule has 1 aromatic heterocycles. The van der Waals surface area contributed by atoms with E-state index in [9.17, 15) is 14.9 Å². The molecule has 0 aliphatic carbocycles. The number of aryl methyl sites for hydroxylation is 1. The van der Waals surface area contributed by atoms with Crippen molar-refractivity contribution in [3.05, 3.63) is 82.6 Å². The molecule has 0 saturated carbocycles. The number of carboxylic acids is 1. The van der Waals surface area contributed by atoms with Gasteiger partial charge in [-0.2, -0.15) is 5.26 Å². The molecular weight excluding hydrogens is 368 g/mol. The highest BCUT2D eigenvalue weighted by Crippen LogP contribution is 2.25. The van der Waals surface area contributed by atoms with Gasteiger partial charge in [0.25, 0.3) is 5.91 Å². The lowest BCUT2D eigenvalue weighted by Gasteiger charge is -2.09. The predicted molar refractivity (Wildman–Crippen MR) is 109 cm³/mol. The number of amides is 1. The Morgan fingerprint density at radius 2 is 1.86 bits per heavy atom. The van der Waals surface area contributed by atoms with Crippen LogP contribution in [0.5, 0.6) is 0 Å². The second-order valence-corrected chi connectivity index (χ2v) is 6.46. The first-order chi connectivity index (χ1) is 13.9. The van der Waals surface area contributed by atoms with Crippen molar-refractivity contribution < 1.29 is 19.1 Å². The molecule has 0 fully saturated rings. The number of furan rings is 1. The summed E-state index contributed by atoms with van der Waals surface area (Å²) in [5, 5.41) is 21.2. The normalized spacial score (nSPS) is 11.0. The van der Waals surface area contributed by atoms with Crippen LogP contribution >= 0.6 is 0 Å². The standard InChI is InChI=1S/C23H18N2O4/c1-14-5-3-8-20(15(14)2)25-22(26)18(13-24)12-19-9-10-21(29-19)16-6-4-7-17(11-16)23(27)28/h3-12H,1-2H3,(H,25,26)(H,27,28)/b18-12+. The van der Waals surface area contributed by atoms with Crippen LogP contribution < -0.4 is 5.32 Å². The number of nitrogens with zero attached hydrogens (tertiary/aromatic N) is 1. The van der Waals surface area contributed by atoms with Gasteiger partial charge in [0.05, 0.1) is 5.56 Å². The number of hydrogen-bond donors (Lipinski definition) is 2. The van der Waals surface area contributed by atoms with Crippen molar-refractivity contribution in [3.63, 3.8) is 0 Å². The Bertz CT molecular complexity index is 1170. The highest BCUT2D eigenvalue weighted by Gasteiger charge is 2.13. The minimum absolute atomic E-state index is 0.105. The number of carbonyl (C=O) groups is 2. The van der Waals surface area contributed by atoms with E-state index in [1.54, 1.807) is 30.3 Å². The molecule has 6 heteroatoms. The second-order valence-electron chi connectivity index (χ2n) is 6.46. The van der Waals surface area contributed by atoms with Crippen molar-refractivity contribution in [1.29, 1.82) is 5.26 Å². The largest absolute Gasteiger partial charge is 0.478 e. The van der Waals surface area contributed by atoms with Crippen molar-refractivity contribution >= 4 is 23.6 Å². The molecule has 0 saturated heterocycles. The molecule has 0 aliphatic rings. The SMILES string of the molecule is Cc1cccc(NC(=O)/C(C#N)=C/c2ccc(-c3cccc(C(=O)O)c3)o2)c1C. The molecule has 2 N–H and O–H groups in total. The Kier molecular flexibility index (Phi) is 5.61. The molecule has 2 aromatic carbocycles. The average molecular weight is 386 g/mol. The number of nitrogens with one attached hydrogen (secondary N) is 1. The summed E-state index contributed by atoms with van der Waals surface area (Å²) < 4.78 is 5.68. The van der Waals surface area contributed by atoms with E-state index in [1.165, 1.54) is 18.2 Å². The maximum Gasteiger partial charge on any atom is 0.335 e. The number of carbonyl (C=O) groups excluding carboxylic acids is 1. The molecule has 1 amide bonds. The van der Waals surface area contributed by atoms with Gasteiger partial charge in [-0.05, 0) is 55.3 Å². The third kappa shape index (κ3) is 4.42. The Hall–Kier alpha value is -4.11. The van der Waals surface area contributed by atoms with E-state index in [-0.39, 0.29) is 11.1 Å². The lowest BCUT2D eigenvalue weighted by molar-refractivity contribution is -0.112. The van der Waals surface area contributed by atoms with E-state index in [2.05, 4.69) is 5.32 Å². The van der Waals surface area contributed by atoms with Gasteiger partial charge >= 0.3 is 5.97 Å². The van der Waals surface area contributed by atoms with Crippen molar-refractivity contribution in [2.24, 2.45) is 0 Å². The first-order valence-electron chi connectivity index (χ1n) is 8.82. The van der Waals surface area contributed by atoms with E-state index < -0.39 is 11.9 Å². The Labute approximate surface area is 167 Å². The van der Waals surface area contributed by atoms with Crippen LogP contribution in [0.15, 0.2) is 64.6 Å². The zero-order valence-electron chi connectivity index (χ0n) is 15.9. The topological polar surface area (TPSA) is 103 Å². The lowest BCUT2D eigenvalue weighted by Crippen LogP contribution is -2.14. The molecule has 6 nitrogen and oxygen atoms in total. The average Bonchev–Trinajstić information content (AvgIpc) is 3.18. The van der Waals surface area contributed by atoms with Gasteiger partial charge in [-0.1, -0.05) is 24.3 Å². The summed E-state index contributed by atoms with van der Waals surface area (Å²) in [6, 6.07) is 17.0. The lowest BCUT2D eigenvalue weighted by atomic mass is 10.1. The van der Waals surface area contributed by atoms with Gasteiger partial charge in [0.2, 0.25) is 0 Å². The van der Waals surface area contributed by atoms with Crippen molar-refractivity contribution in [1.82, 2.24) is 0 Å². The van der Waals surface area contributed by atoms with Crippen LogP contribution in [0.2, 0.25) is 0 Å². The molecule has 0 unspecified atom stereocenters. The quantitative estimate of drug-likeness (QED) is 0.484. The summed E-state index contributed by atoms with van der Waals surface area (Å²) in [5.74, 6) is -0.819. The molecule has 0 bridgehead atoms. The summed E-state index contributed by atoms with van der Waals surface area (Å²) in [6.45, 7) is 3.83. The van der Waals surface area contributed by atoms with Crippen molar-refractivity contribution in [3.8, 4) is 17.4 Å². The molecular formula is C23H18N2O4. The predicted octanol–water partition coefficient (Wildman–Crippen LogP) is 4.81. The minimum atomic E-state index is -1.03. The second kappa shape index (κ2) is 8.28. The summed E-state index contributed by atoms with van der Waals surface area (Å²) in [4.78, 5) is 23.6. The van der Waals surface area contributed by atoms with Gasteiger partial charge in [0, 0.05) is 17.3 Å². The molecule has 0 atom stereocenters. The van der Waals surface area contributed by atoms with E-state index >= 15 is 0 Å². The number of aromatic carboxylic acids is 1. The number of carboxylic acid groups (broad SMARTS) is 1. The zero-order valence-corrected chi connectivity index (χ0v) is 15.9. The zero-order chi connectivity index (χ0) is 21.0. The summed E-state index contributed by atoms with van der Waals surface area (Å²) >= 11 is 0. The minimum Gasteiger partial charge on any atom is -0.478 e. The van der Waals surface area contributed by atoms with Crippen LogP contribution in [-0.4, -0.2) is 17.0 Å². The number of hydrogen-bond acceptors (Lipinski definition) is 4. The van der Waals surface area contributed by atoms with E-state index in [0.29, 0.717) is 22.8 Å². The van der Waals surface area contributed by atoms with Gasteiger partial charge in [-0.25, -0.2) is 4.79 Å². The first kappa shape index (κ1) is 19.6. The van der Waals surface area contributed by atoms with Gasteiger partial charge < -0.3 is 14.8 Å². The van der Waals surface area contributed by atoms with Crippen molar-refractivity contribution in [2.75, 3.05) is 5.32 Å². The fourth-order valence-electron chi connectivity index (χ4n) is 2.76. The van der Waals surface area contributed by atoms with Gasteiger partial charge in [-0.3, -0.25) is 4.79 Å². The number of anilines is 1. The third-order valence-electron chi connectivity index (χ3n) is 4.53. The molecule has 3 rings (SSSR count). The Morgan fingerprint density at radius 3 is 2.59 bits per heavy atom. The fraction of sp³-hybridized carbons (Fsp3) is 0.0870. The molecule has 29 heavy (non-hydrogen) atoms.